The Kier molecular flexibility index (Phi) is 9.53. The molecule has 1 amide bonds. The number of para-hydroxylation sites is 1. The van der Waals surface area contributed by atoms with Crippen LogP contribution < -0.4 is 5.32 Å². The molecule has 0 aliphatic carbocycles. The van der Waals surface area contributed by atoms with E-state index < -0.39 is 32.4 Å². The quantitative estimate of drug-likeness (QED) is 0.655. The van der Waals surface area contributed by atoms with Gasteiger partial charge in [-0.05, 0) is 25.1 Å². The van der Waals surface area contributed by atoms with E-state index in [4.69, 9.17) is 5.11 Å². The van der Waals surface area contributed by atoms with Crippen LogP contribution in [0.4, 0.5) is 14.5 Å². The number of alkyl halides is 2. The van der Waals surface area contributed by atoms with Crippen LogP contribution in [-0.2, 0) is 19.4 Å². The smallest absolute Gasteiger partial charge is 0.341 e. The van der Waals surface area contributed by atoms with Crippen molar-refractivity contribution in [1.82, 2.24) is 4.90 Å². The number of rotatable bonds is 9. The van der Waals surface area contributed by atoms with Crippen LogP contribution >= 0.6 is 12.4 Å². The fourth-order valence-corrected chi connectivity index (χ4v) is 2.91. The van der Waals surface area contributed by atoms with E-state index in [2.05, 4.69) is 5.32 Å². The normalized spacial score (nSPS) is 11.2. The Morgan fingerprint density at radius 1 is 1.24 bits per heavy atom. The molecule has 1 rings (SSSR count). The summed E-state index contributed by atoms with van der Waals surface area (Å²) in [5.41, 5.74) is -0.269. The Balaban J connectivity index is 0.00000576. The van der Waals surface area contributed by atoms with Gasteiger partial charge in [0.1, 0.15) is 0 Å². The van der Waals surface area contributed by atoms with Gasteiger partial charge in [0.2, 0.25) is 15.7 Å². The summed E-state index contributed by atoms with van der Waals surface area (Å²) in [6.45, 7) is 1.48. The van der Waals surface area contributed by atoms with Gasteiger partial charge < -0.3 is 10.4 Å². The predicted octanol–water partition coefficient (Wildman–Crippen LogP) is 1.84. The number of hydrogen-bond acceptors (Lipinski definition) is 5. The number of aliphatic carboxylic acids is 1. The molecular weight excluding hydrogens is 382 g/mol. The molecule has 0 radical (unpaired) electrons. The molecule has 0 fully saturated rings. The van der Waals surface area contributed by atoms with Crippen molar-refractivity contribution in [3.63, 3.8) is 0 Å². The van der Waals surface area contributed by atoms with E-state index in [0.717, 1.165) is 6.07 Å². The molecular formula is C14H19ClF2N2O5S. The van der Waals surface area contributed by atoms with E-state index in [1.807, 2.05) is 0 Å². The van der Waals surface area contributed by atoms with Crippen molar-refractivity contribution in [3.8, 4) is 0 Å². The molecule has 2 N–H and O–H groups in total. The number of sulfone groups is 1. The second-order valence-corrected chi connectivity index (χ2v) is 6.84. The predicted molar refractivity (Wildman–Crippen MR) is 89.9 cm³/mol. The average Bonchev–Trinajstić information content (AvgIpc) is 2.46. The van der Waals surface area contributed by atoms with Crippen LogP contribution in [0, 0.1) is 0 Å². The molecule has 0 bridgehead atoms. The van der Waals surface area contributed by atoms with Crippen LogP contribution in [-0.4, -0.2) is 55.7 Å². The summed E-state index contributed by atoms with van der Waals surface area (Å²) in [7, 11) is -4.87. The first-order valence-electron chi connectivity index (χ1n) is 7.03. The largest absolute Gasteiger partial charge is 0.480 e. The van der Waals surface area contributed by atoms with Crippen molar-refractivity contribution in [1.29, 1.82) is 0 Å². The number of carboxylic acids is 1. The molecule has 0 unspecified atom stereocenters. The minimum Gasteiger partial charge on any atom is -0.480 e. The van der Waals surface area contributed by atoms with Gasteiger partial charge in [0.15, 0.2) is 0 Å². The van der Waals surface area contributed by atoms with Crippen molar-refractivity contribution in [3.05, 3.63) is 24.3 Å². The average molecular weight is 401 g/mol. The molecule has 0 heterocycles. The third-order valence-corrected chi connectivity index (χ3v) is 4.41. The molecule has 0 aliphatic rings. The molecule has 0 aromatic heterocycles. The monoisotopic (exact) mass is 400 g/mol. The number of benzene rings is 1. The fraction of sp³-hybridized carbons (Fsp3) is 0.429. The summed E-state index contributed by atoms with van der Waals surface area (Å²) in [6.07, 6.45) is 0.608. The summed E-state index contributed by atoms with van der Waals surface area (Å²) < 4.78 is 48.6. The van der Waals surface area contributed by atoms with Gasteiger partial charge >= 0.3 is 11.7 Å². The SMILES string of the molecule is CCCN(CC(=O)O)CC(=O)Nc1ccccc1S(=O)(=O)C(F)F.Cl. The first kappa shape index (κ1) is 23.2. The number of carbonyl (C=O) groups excluding carboxylic acids is 1. The van der Waals surface area contributed by atoms with Crippen LogP contribution in [0.3, 0.4) is 0 Å². The van der Waals surface area contributed by atoms with Crippen LogP contribution in [0.5, 0.6) is 0 Å². The molecule has 0 atom stereocenters. The van der Waals surface area contributed by atoms with Crippen molar-refractivity contribution in [2.24, 2.45) is 0 Å². The highest BCUT2D eigenvalue weighted by atomic mass is 35.5. The van der Waals surface area contributed by atoms with Gasteiger partial charge in [-0.15, -0.1) is 12.4 Å². The highest BCUT2D eigenvalue weighted by Gasteiger charge is 2.29. The first-order chi connectivity index (χ1) is 11.2. The minimum absolute atomic E-state index is 0. The van der Waals surface area contributed by atoms with E-state index >= 15 is 0 Å². The third-order valence-electron chi connectivity index (χ3n) is 2.97. The molecule has 7 nitrogen and oxygen atoms in total. The molecule has 1 aromatic rings. The number of nitrogens with zero attached hydrogens (tertiary/aromatic N) is 1. The number of anilines is 1. The van der Waals surface area contributed by atoms with Gasteiger partial charge in [0.25, 0.3) is 0 Å². The van der Waals surface area contributed by atoms with E-state index in [1.54, 1.807) is 6.92 Å². The third kappa shape index (κ3) is 6.92. The Bertz CT molecular complexity index is 700. The zero-order valence-corrected chi connectivity index (χ0v) is 14.9. The van der Waals surface area contributed by atoms with E-state index in [-0.39, 0.29) is 31.2 Å². The molecule has 1 aromatic carbocycles. The zero-order chi connectivity index (χ0) is 18.3. The number of halogens is 3. The Morgan fingerprint density at radius 2 is 1.84 bits per heavy atom. The Morgan fingerprint density at radius 3 is 2.36 bits per heavy atom. The molecule has 0 saturated carbocycles. The lowest BCUT2D eigenvalue weighted by atomic mass is 10.3. The highest BCUT2D eigenvalue weighted by Crippen LogP contribution is 2.26. The Labute approximate surface area is 150 Å². The van der Waals surface area contributed by atoms with E-state index in [0.29, 0.717) is 13.0 Å². The zero-order valence-electron chi connectivity index (χ0n) is 13.3. The van der Waals surface area contributed by atoms with Crippen LogP contribution in [0.15, 0.2) is 29.2 Å². The number of nitrogens with one attached hydrogen (secondary N) is 1. The summed E-state index contributed by atoms with van der Waals surface area (Å²) in [5.74, 6) is -5.42. The van der Waals surface area contributed by atoms with Crippen molar-refractivity contribution in [2.75, 3.05) is 25.0 Å². The van der Waals surface area contributed by atoms with Gasteiger partial charge in [0, 0.05) is 0 Å². The maximum absolute atomic E-state index is 12.7. The summed E-state index contributed by atoms with van der Waals surface area (Å²) >= 11 is 0. The lowest BCUT2D eigenvalue weighted by Crippen LogP contribution is -2.37. The van der Waals surface area contributed by atoms with Crippen molar-refractivity contribution >= 4 is 39.8 Å². The van der Waals surface area contributed by atoms with Gasteiger partial charge in [-0.3, -0.25) is 14.5 Å². The van der Waals surface area contributed by atoms with Crippen molar-refractivity contribution in [2.45, 2.75) is 24.0 Å². The number of carboxylic acid groups (broad SMARTS) is 1. The molecule has 11 heteroatoms. The van der Waals surface area contributed by atoms with Crippen LogP contribution in [0.25, 0.3) is 0 Å². The highest BCUT2D eigenvalue weighted by molar-refractivity contribution is 7.91. The van der Waals surface area contributed by atoms with Crippen LogP contribution in [0.2, 0.25) is 0 Å². The van der Waals surface area contributed by atoms with Gasteiger partial charge in [-0.1, -0.05) is 19.1 Å². The molecule has 142 valence electrons. The van der Waals surface area contributed by atoms with Gasteiger partial charge in [0.05, 0.1) is 23.7 Å². The number of carbonyl (C=O) groups is 2. The maximum atomic E-state index is 12.7. The minimum atomic E-state index is -4.87. The van der Waals surface area contributed by atoms with E-state index in [9.17, 15) is 26.8 Å². The Hall–Kier alpha value is -1.78. The molecule has 25 heavy (non-hydrogen) atoms. The topological polar surface area (TPSA) is 104 Å². The number of hydrogen-bond donors (Lipinski definition) is 2. The second-order valence-electron chi connectivity index (χ2n) is 4.95. The van der Waals surface area contributed by atoms with Gasteiger partial charge in [-0.25, -0.2) is 8.42 Å². The molecule has 0 spiro atoms. The van der Waals surface area contributed by atoms with E-state index in [1.165, 1.54) is 23.1 Å². The molecule has 0 aliphatic heterocycles. The standard InChI is InChI=1S/C14H18F2N2O5S.ClH/c1-2-7-18(9-13(20)21)8-12(19)17-10-5-3-4-6-11(10)24(22,23)14(15)16;/h3-6,14H,2,7-9H2,1H3,(H,17,19)(H,20,21);1H. The lowest BCUT2D eigenvalue weighted by Gasteiger charge is -2.19. The van der Waals surface area contributed by atoms with Crippen molar-refractivity contribution < 1.29 is 31.9 Å². The summed E-state index contributed by atoms with van der Waals surface area (Å²) in [6, 6.07) is 4.81. The second kappa shape index (κ2) is 10.3. The van der Waals surface area contributed by atoms with Gasteiger partial charge in [-0.2, -0.15) is 8.78 Å². The number of amides is 1. The summed E-state index contributed by atoms with van der Waals surface area (Å²) in [4.78, 5) is 23.4. The van der Waals surface area contributed by atoms with Crippen LogP contribution in [0.1, 0.15) is 13.3 Å². The summed E-state index contributed by atoms with van der Waals surface area (Å²) in [5, 5.41) is 11.0. The lowest BCUT2D eigenvalue weighted by molar-refractivity contribution is -0.138. The first-order valence-corrected chi connectivity index (χ1v) is 8.58. The fourth-order valence-electron chi connectivity index (χ4n) is 2.03. The molecule has 0 saturated heterocycles. The maximum Gasteiger partial charge on any atom is 0.341 e.